The summed E-state index contributed by atoms with van der Waals surface area (Å²) in [6.45, 7) is 4.93. The molecule has 3 aromatic rings. The van der Waals surface area contributed by atoms with Gasteiger partial charge in [-0.25, -0.2) is 4.79 Å². The van der Waals surface area contributed by atoms with E-state index in [1.54, 1.807) is 44.2 Å². The molecular formula is C22H21NO5. The van der Waals surface area contributed by atoms with Gasteiger partial charge in [-0.3, -0.25) is 4.79 Å². The van der Waals surface area contributed by atoms with Gasteiger partial charge >= 0.3 is 5.97 Å². The molecule has 3 rings (SSSR count). The highest BCUT2D eigenvalue weighted by atomic mass is 16.5. The summed E-state index contributed by atoms with van der Waals surface area (Å²) in [5, 5.41) is 2.71. The third kappa shape index (κ3) is 4.79. The molecule has 1 unspecified atom stereocenters. The van der Waals surface area contributed by atoms with E-state index in [1.165, 1.54) is 6.92 Å². The van der Waals surface area contributed by atoms with Gasteiger partial charge in [-0.15, -0.1) is 0 Å². The van der Waals surface area contributed by atoms with Gasteiger partial charge in [-0.2, -0.15) is 0 Å². The average molecular weight is 379 g/mol. The molecule has 0 bridgehead atoms. The van der Waals surface area contributed by atoms with Crippen LogP contribution >= 0.6 is 0 Å². The zero-order chi connectivity index (χ0) is 20.1. The summed E-state index contributed by atoms with van der Waals surface area (Å²) in [7, 11) is 0. The maximum atomic E-state index is 12.3. The Kier molecular flexibility index (Phi) is 5.79. The van der Waals surface area contributed by atoms with Gasteiger partial charge in [0, 0.05) is 5.69 Å². The Balaban J connectivity index is 1.56. The Labute approximate surface area is 163 Å². The Hall–Kier alpha value is -3.54. The number of carbonyl (C=O) groups excluding carboxylic acids is 2. The molecule has 2 aromatic carbocycles. The molecule has 0 saturated carbocycles. The van der Waals surface area contributed by atoms with Crippen LogP contribution in [0.2, 0.25) is 0 Å². The molecule has 0 aliphatic rings. The number of rotatable bonds is 6. The zero-order valence-corrected chi connectivity index (χ0v) is 15.9. The summed E-state index contributed by atoms with van der Waals surface area (Å²) < 4.78 is 16.3. The predicted molar refractivity (Wildman–Crippen MR) is 105 cm³/mol. The van der Waals surface area contributed by atoms with Crippen molar-refractivity contribution in [2.24, 2.45) is 0 Å². The fourth-order valence-corrected chi connectivity index (χ4v) is 2.59. The molecule has 144 valence electrons. The van der Waals surface area contributed by atoms with Crippen LogP contribution in [-0.4, -0.2) is 18.0 Å². The van der Waals surface area contributed by atoms with Crippen LogP contribution in [0.4, 0.5) is 5.69 Å². The molecule has 6 nitrogen and oxygen atoms in total. The van der Waals surface area contributed by atoms with E-state index in [0.29, 0.717) is 28.5 Å². The fourth-order valence-electron chi connectivity index (χ4n) is 2.59. The van der Waals surface area contributed by atoms with Crippen LogP contribution in [-0.2, 0) is 9.53 Å². The summed E-state index contributed by atoms with van der Waals surface area (Å²) in [5.74, 6) is 1.43. The predicted octanol–water partition coefficient (Wildman–Crippen LogP) is 4.87. The van der Waals surface area contributed by atoms with Crippen molar-refractivity contribution < 1.29 is 23.5 Å². The fraction of sp³-hybridized carbons (Fsp3) is 0.182. The Bertz CT molecular complexity index is 960. The highest BCUT2D eigenvalue weighted by Gasteiger charge is 2.22. The summed E-state index contributed by atoms with van der Waals surface area (Å²) in [6, 6.07) is 17.9. The zero-order valence-electron chi connectivity index (χ0n) is 15.9. The Morgan fingerprint density at radius 1 is 0.964 bits per heavy atom. The van der Waals surface area contributed by atoms with Gasteiger partial charge in [-0.05, 0) is 63.2 Å². The average Bonchev–Trinajstić information content (AvgIpc) is 3.02. The summed E-state index contributed by atoms with van der Waals surface area (Å²) in [4.78, 5) is 24.5. The van der Waals surface area contributed by atoms with Gasteiger partial charge in [0.25, 0.3) is 5.91 Å². The largest absolute Gasteiger partial charge is 0.466 e. The normalized spacial score (nSPS) is 11.5. The molecule has 1 atom stereocenters. The highest BCUT2D eigenvalue weighted by molar-refractivity contribution is 5.97. The van der Waals surface area contributed by atoms with E-state index >= 15 is 0 Å². The minimum Gasteiger partial charge on any atom is -0.466 e. The van der Waals surface area contributed by atoms with Crippen LogP contribution in [0.3, 0.4) is 0 Å². The molecule has 1 aromatic heterocycles. The number of benzene rings is 2. The molecule has 0 fully saturated rings. The SMILES string of the molecule is Cc1cc(C(=O)OC(C)C(=O)Nc2ccc(Oc3ccccc3)cc2)c(C)o1. The van der Waals surface area contributed by atoms with Gasteiger partial charge in [0.05, 0.1) is 0 Å². The third-order valence-electron chi connectivity index (χ3n) is 4.01. The van der Waals surface area contributed by atoms with Gasteiger partial charge in [0.2, 0.25) is 0 Å². The van der Waals surface area contributed by atoms with Crippen molar-refractivity contribution in [2.75, 3.05) is 5.32 Å². The maximum Gasteiger partial charge on any atom is 0.342 e. The van der Waals surface area contributed by atoms with Gasteiger partial charge in [0.15, 0.2) is 6.10 Å². The number of hydrogen-bond donors (Lipinski definition) is 1. The second kappa shape index (κ2) is 8.43. The summed E-state index contributed by atoms with van der Waals surface area (Å²) >= 11 is 0. The number of esters is 1. The molecule has 28 heavy (non-hydrogen) atoms. The molecule has 0 aliphatic heterocycles. The lowest BCUT2D eigenvalue weighted by Crippen LogP contribution is -2.30. The molecule has 0 saturated heterocycles. The van der Waals surface area contributed by atoms with Crippen LogP contribution in [0.1, 0.15) is 28.8 Å². The molecule has 1 heterocycles. The number of furan rings is 1. The minimum atomic E-state index is -0.956. The van der Waals surface area contributed by atoms with Crippen molar-refractivity contribution >= 4 is 17.6 Å². The lowest BCUT2D eigenvalue weighted by Gasteiger charge is -2.13. The third-order valence-corrected chi connectivity index (χ3v) is 4.01. The molecule has 1 N–H and O–H groups in total. The molecular weight excluding hydrogens is 358 g/mol. The molecule has 1 amide bonds. The second-order valence-electron chi connectivity index (χ2n) is 6.30. The first kappa shape index (κ1) is 19.2. The Morgan fingerprint density at radius 2 is 1.61 bits per heavy atom. The van der Waals surface area contributed by atoms with E-state index in [4.69, 9.17) is 13.9 Å². The Morgan fingerprint density at radius 3 is 2.21 bits per heavy atom. The van der Waals surface area contributed by atoms with Crippen LogP contribution in [0.15, 0.2) is 65.1 Å². The van der Waals surface area contributed by atoms with Crippen molar-refractivity contribution in [3.05, 3.63) is 77.7 Å². The van der Waals surface area contributed by atoms with E-state index in [-0.39, 0.29) is 0 Å². The van der Waals surface area contributed by atoms with Crippen molar-refractivity contribution in [2.45, 2.75) is 26.9 Å². The van der Waals surface area contributed by atoms with Crippen LogP contribution in [0.5, 0.6) is 11.5 Å². The van der Waals surface area contributed by atoms with E-state index in [1.807, 2.05) is 30.3 Å². The van der Waals surface area contributed by atoms with Crippen molar-refractivity contribution in [1.29, 1.82) is 0 Å². The second-order valence-corrected chi connectivity index (χ2v) is 6.30. The van der Waals surface area contributed by atoms with Gasteiger partial charge in [-0.1, -0.05) is 18.2 Å². The number of amides is 1. The first-order valence-electron chi connectivity index (χ1n) is 8.84. The van der Waals surface area contributed by atoms with Crippen LogP contribution in [0.25, 0.3) is 0 Å². The first-order chi connectivity index (χ1) is 13.4. The molecule has 0 spiro atoms. The first-order valence-corrected chi connectivity index (χ1v) is 8.84. The van der Waals surface area contributed by atoms with Crippen molar-refractivity contribution in [1.82, 2.24) is 0 Å². The van der Waals surface area contributed by atoms with E-state index in [9.17, 15) is 9.59 Å². The highest BCUT2D eigenvalue weighted by Crippen LogP contribution is 2.23. The number of anilines is 1. The molecule has 0 aliphatic carbocycles. The molecule has 6 heteroatoms. The lowest BCUT2D eigenvalue weighted by molar-refractivity contribution is -0.123. The lowest BCUT2D eigenvalue weighted by atomic mass is 10.2. The number of carbonyl (C=O) groups is 2. The quantitative estimate of drug-likeness (QED) is 0.618. The number of aryl methyl sites for hydroxylation is 2. The monoisotopic (exact) mass is 379 g/mol. The topological polar surface area (TPSA) is 77.8 Å². The van der Waals surface area contributed by atoms with Crippen LogP contribution in [0, 0.1) is 13.8 Å². The standard InChI is InChI=1S/C22H21NO5/c1-14-13-20(15(2)26-14)22(25)27-16(3)21(24)23-17-9-11-19(12-10-17)28-18-7-5-4-6-8-18/h4-13,16H,1-3H3,(H,23,24). The number of hydrogen-bond acceptors (Lipinski definition) is 5. The van der Waals surface area contributed by atoms with Crippen molar-refractivity contribution in [3.8, 4) is 11.5 Å². The number of nitrogens with one attached hydrogen (secondary N) is 1. The van der Waals surface area contributed by atoms with E-state index < -0.39 is 18.0 Å². The smallest absolute Gasteiger partial charge is 0.342 e. The maximum absolute atomic E-state index is 12.3. The van der Waals surface area contributed by atoms with E-state index in [2.05, 4.69) is 5.32 Å². The van der Waals surface area contributed by atoms with Crippen LogP contribution < -0.4 is 10.1 Å². The summed E-state index contributed by atoms with van der Waals surface area (Å²) in [5.41, 5.74) is 0.892. The minimum absolute atomic E-state index is 0.319. The van der Waals surface area contributed by atoms with Gasteiger partial charge in [0.1, 0.15) is 28.6 Å². The van der Waals surface area contributed by atoms with Crippen molar-refractivity contribution in [3.63, 3.8) is 0 Å². The number of para-hydroxylation sites is 1. The van der Waals surface area contributed by atoms with E-state index in [0.717, 1.165) is 5.75 Å². The van der Waals surface area contributed by atoms with Gasteiger partial charge < -0.3 is 19.2 Å². The summed E-state index contributed by atoms with van der Waals surface area (Å²) in [6.07, 6.45) is -0.956. The molecule has 0 radical (unpaired) electrons. The number of ether oxygens (including phenoxy) is 2.